The van der Waals surface area contributed by atoms with Crippen molar-refractivity contribution in [2.24, 2.45) is 0 Å². The fourth-order valence-corrected chi connectivity index (χ4v) is 1.64. The Morgan fingerprint density at radius 2 is 1.61 bits per heavy atom. The minimum absolute atomic E-state index is 0.181. The van der Waals surface area contributed by atoms with E-state index in [1.54, 1.807) is 12.1 Å². The van der Waals surface area contributed by atoms with Crippen LogP contribution in [0.1, 0.15) is 20.3 Å². The summed E-state index contributed by atoms with van der Waals surface area (Å²) in [6.07, 6.45) is 0.815. The number of nitrogens with zero attached hydrogens (tertiary/aromatic N) is 1. The number of aromatic hydroxyl groups is 1. The van der Waals surface area contributed by atoms with Gasteiger partial charge in [-0.15, -0.1) is 0 Å². The number of hydroxylamine groups is 1. The summed E-state index contributed by atoms with van der Waals surface area (Å²) >= 11 is 0. The fraction of sp³-hybridized carbons (Fsp3) is 0.400. The molecule has 1 aromatic rings. The molecule has 1 heterocycles. The fourth-order valence-electron chi connectivity index (χ4n) is 1.64. The monoisotopic (exact) mass is 330 g/mol. The van der Waals surface area contributed by atoms with Crippen molar-refractivity contribution in [3.05, 3.63) is 24.3 Å². The summed E-state index contributed by atoms with van der Waals surface area (Å²) in [5.74, 6) is 0.281. The van der Waals surface area contributed by atoms with E-state index in [0.717, 1.165) is 18.7 Å². The van der Waals surface area contributed by atoms with Crippen molar-refractivity contribution in [2.45, 2.75) is 26.4 Å². The predicted molar refractivity (Wildman–Crippen MR) is 87.5 cm³/mol. The van der Waals surface area contributed by atoms with Gasteiger partial charge in [0.15, 0.2) is 0 Å². The summed E-state index contributed by atoms with van der Waals surface area (Å²) in [6, 6.07) is 7.07. The Hall–Kier alpha value is -2.45. The molecule has 8 heteroatoms. The quantitative estimate of drug-likeness (QED) is 0.358. The molecule has 1 fully saturated rings. The number of nitrogens with one attached hydrogen (secondary N) is 1. The van der Waals surface area contributed by atoms with E-state index in [2.05, 4.69) is 4.90 Å². The molecule has 4 N–H and O–H groups in total. The summed E-state index contributed by atoms with van der Waals surface area (Å²) in [5, 5.41) is 25.7. The summed E-state index contributed by atoms with van der Waals surface area (Å²) < 4.78 is 0. The van der Waals surface area contributed by atoms with Gasteiger partial charge in [-0.05, 0) is 30.7 Å². The summed E-state index contributed by atoms with van der Waals surface area (Å²) in [5.41, 5.74) is 2.31. The van der Waals surface area contributed by atoms with Gasteiger partial charge in [-0.1, -0.05) is 13.8 Å². The van der Waals surface area contributed by atoms with E-state index in [-0.39, 0.29) is 18.3 Å². The van der Waals surface area contributed by atoms with Gasteiger partial charge >= 0.3 is 0 Å². The first-order chi connectivity index (χ1) is 11.2. The number of rotatable bonds is 2. The van der Waals surface area contributed by atoms with E-state index < -0.39 is 0 Å². The Morgan fingerprint density at radius 3 is 1.91 bits per heavy atom. The zero-order valence-electron chi connectivity index (χ0n) is 13.5. The van der Waals surface area contributed by atoms with Crippen LogP contribution in [0.25, 0.3) is 0 Å². The van der Waals surface area contributed by atoms with Crippen LogP contribution in [0, 0.1) is 0 Å². The van der Waals surface area contributed by atoms with Crippen molar-refractivity contribution in [2.75, 3.05) is 18.0 Å². The van der Waals surface area contributed by atoms with Crippen LogP contribution in [0.3, 0.4) is 0 Å². The molecule has 8 nitrogen and oxygen atoms in total. The molecule has 0 spiro atoms. The molecule has 1 aliphatic heterocycles. The SMILES string of the molecule is C=O.C=O.CC.O=CNO.Oc1ccc(N2CCC(O)C2)cc1. The van der Waals surface area contributed by atoms with E-state index in [0.29, 0.717) is 6.54 Å². The van der Waals surface area contributed by atoms with Crippen molar-refractivity contribution >= 4 is 25.7 Å². The van der Waals surface area contributed by atoms with Crippen LogP contribution in [0.5, 0.6) is 5.75 Å². The Bertz CT molecular complexity index is 373. The van der Waals surface area contributed by atoms with Crippen molar-refractivity contribution in [3.8, 4) is 5.75 Å². The maximum atomic E-state index is 9.32. The van der Waals surface area contributed by atoms with Gasteiger partial charge in [-0.25, -0.2) is 5.48 Å². The standard InChI is InChI=1S/C10H13NO2.C2H6.CH3NO2.2CH2O/c12-9-3-1-8(2-4-9)11-6-5-10(13)7-11;1-2;3-1-2-4;2*1-2/h1-4,10,12-13H,5-7H2;1-2H3;1,4H,(H,2,3);2*1H2. The van der Waals surface area contributed by atoms with Gasteiger partial charge in [-0.2, -0.15) is 0 Å². The van der Waals surface area contributed by atoms with Crippen LogP contribution in [-0.4, -0.2) is 54.6 Å². The van der Waals surface area contributed by atoms with Crippen LogP contribution >= 0.6 is 0 Å². The van der Waals surface area contributed by atoms with E-state index in [1.165, 1.54) is 5.48 Å². The summed E-state index contributed by atoms with van der Waals surface area (Å²) in [7, 11) is 0. The van der Waals surface area contributed by atoms with Gasteiger partial charge in [0.2, 0.25) is 6.41 Å². The highest BCUT2D eigenvalue weighted by Gasteiger charge is 2.19. The number of hydrogen-bond acceptors (Lipinski definition) is 7. The van der Waals surface area contributed by atoms with Gasteiger partial charge in [0.05, 0.1) is 6.10 Å². The van der Waals surface area contributed by atoms with Gasteiger partial charge in [-0.3, -0.25) is 10.0 Å². The number of hydrogen-bond donors (Lipinski definition) is 4. The van der Waals surface area contributed by atoms with Crippen LogP contribution in [0.4, 0.5) is 5.69 Å². The van der Waals surface area contributed by atoms with Crippen molar-refractivity contribution in [1.82, 2.24) is 5.48 Å². The molecule has 0 radical (unpaired) electrons. The van der Waals surface area contributed by atoms with Crippen LogP contribution in [0.15, 0.2) is 24.3 Å². The third-order valence-electron chi connectivity index (χ3n) is 2.43. The molecule has 132 valence electrons. The number of carbonyl (C=O) groups is 3. The number of phenolic OH excluding ortho intramolecular Hbond substituents is 1. The second-order valence-electron chi connectivity index (χ2n) is 3.65. The number of anilines is 1. The van der Waals surface area contributed by atoms with Crippen molar-refractivity contribution < 1.29 is 29.8 Å². The molecule has 1 aliphatic rings. The molecule has 1 atom stereocenters. The molecule has 0 saturated carbocycles. The minimum Gasteiger partial charge on any atom is -0.508 e. The summed E-state index contributed by atoms with van der Waals surface area (Å²) in [4.78, 5) is 26.9. The molecule has 0 aromatic heterocycles. The van der Waals surface area contributed by atoms with Crippen LogP contribution in [0.2, 0.25) is 0 Å². The van der Waals surface area contributed by atoms with E-state index >= 15 is 0 Å². The summed E-state index contributed by atoms with van der Waals surface area (Å²) in [6.45, 7) is 9.59. The average molecular weight is 330 g/mol. The minimum atomic E-state index is -0.200. The maximum Gasteiger partial charge on any atom is 0.230 e. The lowest BCUT2D eigenvalue weighted by Crippen LogP contribution is -2.20. The molecule has 23 heavy (non-hydrogen) atoms. The van der Waals surface area contributed by atoms with Gasteiger partial charge < -0.3 is 24.7 Å². The second kappa shape index (κ2) is 19.6. The molecular weight excluding hydrogens is 304 g/mol. The van der Waals surface area contributed by atoms with Gasteiger partial charge in [0, 0.05) is 18.8 Å². The lowest BCUT2D eigenvalue weighted by Gasteiger charge is -2.17. The number of amides is 1. The van der Waals surface area contributed by atoms with E-state index in [1.807, 2.05) is 39.6 Å². The number of phenols is 1. The van der Waals surface area contributed by atoms with Crippen molar-refractivity contribution in [1.29, 1.82) is 0 Å². The smallest absolute Gasteiger partial charge is 0.230 e. The molecule has 1 unspecified atom stereocenters. The first-order valence-corrected chi connectivity index (χ1v) is 6.80. The highest BCUT2D eigenvalue weighted by atomic mass is 16.5. The van der Waals surface area contributed by atoms with Crippen LogP contribution in [-0.2, 0) is 14.4 Å². The van der Waals surface area contributed by atoms with E-state index in [4.69, 9.17) is 24.7 Å². The predicted octanol–water partition coefficient (Wildman–Crippen LogP) is 0.741. The molecule has 2 rings (SSSR count). The number of carbonyl (C=O) groups excluding carboxylic acids is 3. The maximum absolute atomic E-state index is 9.32. The van der Waals surface area contributed by atoms with E-state index in [9.17, 15) is 5.11 Å². The lowest BCUT2D eigenvalue weighted by molar-refractivity contribution is -0.116. The zero-order valence-corrected chi connectivity index (χ0v) is 13.5. The average Bonchev–Trinajstić information content (AvgIpc) is 3.07. The third-order valence-corrected chi connectivity index (χ3v) is 2.43. The molecule has 1 saturated heterocycles. The Kier molecular flexibility index (Phi) is 21.7. The molecular formula is C15H26N2O6. The molecule has 1 aromatic carbocycles. The topological polar surface area (TPSA) is 127 Å². The Balaban J connectivity index is -0.000000340. The Morgan fingerprint density at radius 1 is 1.17 bits per heavy atom. The number of aliphatic hydroxyl groups excluding tert-OH is 1. The highest BCUT2D eigenvalue weighted by molar-refractivity contribution is 5.49. The highest BCUT2D eigenvalue weighted by Crippen LogP contribution is 2.22. The molecule has 0 bridgehead atoms. The molecule has 1 amide bonds. The van der Waals surface area contributed by atoms with Crippen LogP contribution < -0.4 is 10.4 Å². The van der Waals surface area contributed by atoms with Gasteiger partial charge in [0.25, 0.3) is 0 Å². The first kappa shape index (κ1) is 25.5. The van der Waals surface area contributed by atoms with Gasteiger partial charge in [0.1, 0.15) is 19.3 Å². The third kappa shape index (κ3) is 13.0. The van der Waals surface area contributed by atoms with Crippen molar-refractivity contribution in [3.63, 3.8) is 0 Å². The first-order valence-electron chi connectivity index (χ1n) is 6.80. The zero-order chi connectivity index (χ0) is 18.7. The lowest BCUT2D eigenvalue weighted by atomic mass is 10.3. The number of aliphatic hydroxyl groups is 1. The molecule has 0 aliphatic carbocycles. The second-order valence-corrected chi connectivity index (χ2v) is 3.65. The number of benzene rings is 1. The normalized spacial score (nSPS) is 14.1. The number of β-amino-alcohol motifs (C(OH)–C–C–N with tert-alkyl or cyclic N) is 1. The Labute approximate surface area is 136 Å². The largest absolute Gasteiger partial charge is 0.508 e.